The van der Waals surface area contributed by atoms with Gasteiger partial charge in [0.2, 0.25) is 0 Å². The van der Waals surface area contributed by atoms with Crippen LogP contribution in [0.1, 0.15) is 12.5 Å². The van der Waals surface area contributed by atoms with Gasteiger partial charge in [0.15, 0.2) is 0 Å². The van der Waals surface area contributed by atoms with Gasteiger partial charge in [-0.1, -0.05) is 30.7 Å². The largest absolute Gasteiger partial charge is 0.338 e. The van der Waals surface area contributed by atoms with Gasteiger partial charge in [-0.2, -0.15) is 0 Å². The fraction of sp³-hybridized carbons (Fsp3) is 0.133. The lowest BCUT2D eigenvalue weighted by atomic mass is 10.1. The Kier molecular flexibility index (Phi) is 2.80. The van der Waals surface area contributed by atoms with Gasteiger partial charge in [-0.05, 0) is 42.3 Å². The summed E-state index contributed by atoms with van der Waals surface area (Å²) in [5.41, 5.74) is 4.38. The van der Waals surface area contributed by atoms with Crippen molar-refractivity contribution < 1.29 is 0 Å². The molecule has 3 heteroatoms. The quantitative estimate of drug-likeness (QED) is 0.721. The predicted molar refractivity (Wildman–Crippen MR) is 75.9 cm³/mol. The maximum absolute atomic E-state index is 6.03. The molecule has 0 aliphatic heterocycles. The van der Waals surface area contributed by atoms with Crippen molar-refractivity contribution in [2.45, 2.75) is 13.3 Å². The molecule has 1 N–H and O–H groups in total. The van der Waals surface area contributed by atoms with E-state index < -0.39 is 0 Å². The number of H-pyrrole nitrogens is 1. The Hall–Kier alpha value is -1.80. The van der Waals surface area contributed by atoms with Gasteiger partial charge >= 0.3 is 0 Å². The summed E-state index contributed by atoms with van der Waals surface area (Å²) in [6.07, 6.45) is 0.937. The van der Waals surface area contributed by atoms with Crippen LogP contribution in [0.4, 0.5) is 0 Å². The molecular weight excluding hydrogens is 244 g/mol. The van der Waals surface area contributed by atoms with E-state index in [4.69, 9.17) is 11.6 Å². The summed E-state index contributed by atoms with van der Waals surface area (Å²) in [5.74, 6) is 0.907. The highest BCUT2D eigenvalue weighted by atomic mass is 35.5. The van der Waals surface area contributed by atoms with Crippen molar-refractivity contribution in [2.24, 2.45) is 0 Å². The Morgan fingerprint density at radius 3 is 2.78 bits per heavy atom. The zero-order valence-electron chi connectivity index (χ0n) is 10.1. The number of imidazole rings is 1. The summed E-state index contributed by atoms with van der Waals surface area (Å²) in [4.78, 5) is 7.97. The van der Waals surface area contributed by atoms with Crippen molar-refractivity contribution in [1.29, 1.82) is 0 Å². The van der Waals surface area contributed by atoms with Gasteiger partial charge in [-0.15, -0.1) is 0 Å². The van der Waals surface area contributed by atoms with Gasteiger partial charge in [-0.3, -0.25) is 0 Å². The van der Waals surface area contributed by atoms with E-state index in [9.17, 15) is 0 Å². The first-order valence-corrected chi connectivity index (χ1v) is 6.39. The first kappa shape index (κ1) is 11.3. The fourth-order valence-corrected chi connectivity index (χ4v) is 2.36. The molecule has 0 saturated heterocycles. The molecule has 0 atom stereocenters. The van der Waals surface area contributed by atoms with Crippen LogP contribution in [0.15, 0.2) is 42.5 Å². The van der Waals surface area contributed by atoms with Crippen molar-refractivity contribution in [2.75, 3.05) is 0 Å². The van der Waals surface area contributed by atoms with Crippen LogP contribution in [-0.2, 0) is 6.42 Å². The highest BCUT2D eigenvalue weighted by Crippen LogP contribution is 2.26. The molecule has 0 fully saturated rings. The van der Waals surface area contributed by atoms with Crippen LogP contribution in [0.2, 0.25) is 5.02 Å². The van der Waals surface area contributed by atoms with Crippen molar-refractivity contribution in [3.8, 4) is 11.4 Å². The highest BCUT2D eigenvalue weighted by molar-refractivity contribution is 6.30. The lowest BCUT2D eigenvalue weighted by molar-refractivity contribution is 1.13. The fourth-order valence-electron chi connectivity index (χ4n) is 2.17. The van der Waals surface area contributed by atoms with Crippen LogP contribution >= 0.6 is 11.6 Å². The van der Waals surface area contributed by atoms with Crippen molar-refractivity contribution in [3.63, 3.8) is 0 Å². The molecule has 3 rings (SSSR count). The number of nitrogens with zero attached hydrogens (tertiary/aromatic N) is 1. The maximum atomic E-state index is 6.03. The molecule has 3 aromatic rings. The number of para-hydroxylation sites is 2. The van der Waals surface area contributed by atoms with Gasteiger partial charge in [0.1, 0.15) is 5.82 Å². The number of fused-ring (bicyclic) bond motifs is 1. The topological polar surface area (TPSA) is 28.7 Å². The van der Waals surface area contributed by atoms with E-state index in [-0.39, 0.29) is 0 Å². The molecule has 0 unspecified atom stereocenters. The van der Waals surface area contributed by atoms with Crippen molar-refractivity contribution in [1.82, 2.24) is 9.97 Å². The molecule has 0 aliphatic carbocycles. The van der Waals surface area contributed by atoms with Gasteiger partial charge in [0, 0.05) is 10.6 Å². The Morgan fingerprint density at radius 2 is 2.00 bits per heavy atom. The summed E-state index contributed by atoms with van der Waals surface area (Å²) < 4.78 is 0. The second kappa shape index (κ2) is 4.46. The van der Waals surface area contributed by atoms with Crippen molar-refractivity contribution in [3.05, 3.63) is 53.1 Å². The summed E-state index contributed by atoms with van der Waals surface area (Å²) in [5, 5.41) is 0.770. The molecule has 0 bridgehead atoms. The van der Waals surface area contributed by atoms with E-state index in [0.29, 0.717) is 0 Å². The molecule has 0 amide bonds. The van der Waals surface area contributed by atoms with Crippen LogP contribution in [0.3, 0.4) is 0 Å². The predicted octanol–water partition coefficient (Wildman–Crippen LogP) is 4.45. The normalized spacial score (nSPS) is 11.0. The number of aryl methyl sites for hydroxylation is 1. The van der Waals surface area contributed by atoms with Crippen LogP contribution in [-0.4, -0.2) is 9.97 Å². The van der Waals surface area contributed by atoms with E-state index >= 15 is 0 Å². The third-order valence-electron chi connectivity index (χ3n) is 3.09. The molecule has 18 heavy (non-hydrogen) atoms. The minimum atomic E-state index is 0.770. The zero-order chi connectivity index (χ0) is 12.5. The summed E-state index contributed by atoms with van der Waals surface area (Å²) in [6.45, 7) is 2.12. The number of aromatic nitrogens is 2. The summed E-state index contributed by atoms with van der Waals surface area (Å²) in [6, 6.07) is 14.0. The van der Waals surface area contributed by atoms with Gasteiger partial charge in [-0.25, -0.2) is 4.98 Å². The standard InChI is InChI=1S/C15H13ClN2/c1-2-10-9-11(16)7-8-12(10)15-17-13-5-3-4-6-14(13)18-15/h3-9H,2H2,1H3,(H,17,18). The molecule has 1 aromatic heterocycles. The number of hydrogen-bond donors (Lipinski definition) is 1. The maximum Gasteiger partial charge on any atom is 0.138 e. The molecule has 2 nitrogen and oxygen atoms in total. The van der Waals surface area contributed by atoms with Crippen LogP contribution < -0.4 is 0 Å². The molecule has 0 aliphatic rings. The average Bonchev–Trinajstić information content (AvgIpc) is 2.82. The van der Waals surface area contributed by atoms with E-state index in [2.05, 4.69) is 16.9 Å². The Bertz CT molecular complexity index is 668. The Labute approximate surface area is 111 Å². The number of rotatable bonds is 2. The molecule has 0 spiro atoms. The minimum absolute atomic E-state index is 0.770. The second-order valence-electron chi connectivity index (χ2n) is 4.26. The minimum Gasteiger partial charge on any atom is -0.338 e. The SMILES string of the molecule is CCc1cc(Cl)ccc1-c1nc2ccccc2[nH]1. The molecule has 2 aromatic carbocycles. The first-order chi connectivity index (χ1) is 8.78. The van der Waals surface area contributed by atoms with Crippen LogP contribution in [0, 0.1) is 0 Å². The third kappa shape index (κ3) is 1.89. The zero-order valence-corrected chi connectivity index (χ0v) is 10.8. The van der Waals surface area contributed by atoms with E-state index in [1.54, 1.807) is 0 Å². The summed E-state index contributed by atoms with van der Waals surface area (Å²) >= 11 is 6.03. The lowest BCUT2D eigenvalue weighted by Gasteiger charge is -2.05. The van der Waals surface area contributed by atoms with Gasteiger partial charge in [0.25, 0.3) is 0 Å². The lowest BCUT2D eigenvalue weighted by Crippen LogP contribution is -1.89. The Balaban J connectivity index is 2.19. The number of aromatic amines is 1. The third-order valence-corrected chi connectivity index (χ3v) is 3.33. The van der Waals surface area contributed by atoms with Crippen molar-refractivity contribution >= 4 is 22.6 Å². The molecule has 0 saturated carbocycles. The number of halogens is 1. The van der Waals surface area contributed by atoms with Gasteiger partial charge in [0.05, 0.1) is 11.0 Å². The van der Waals surface area contributed by atoms with Gasteiger partial charge < -0.3 is 4.98 Å². The number of hydrogen-bond acceptors (Lipinski definition) is 1. The molecule has 0 radical (unpaired) electrons. The number of nitrogens with one attached hydrogen (secondary N) is 1. The smallest absolute Gasteiger partial charge is 0.138 e. The highest BCUT2D eigenvalue weighted by Gasteiger charge is 2.09. The van der Waals surface area contributed by atoms with E-state index in [0.717, 1.165) is 33.9 Å². The Morgan fingerprint density at radius 1 is 1.17 bits per heavy atom. The van der Waals surface area contributed by atoms with E-state index in [1.165, 1.54) is 5.56 Å². The van der Waals surface area contributed by atoms with Crippen LogP contribution in [0.5, 0.6) is 0 Å². The second-order valence-corrected chi connectivity index (χ2v) is 4.69. The van der Waals surface area contributed by atoms with E-state index in [1.807, 2.05) is 42.5 Å². The molecule has 90 valence electrons. The average molecular weight is 257 g/mol. The first-order valence-electron chi connectivity index (χ1n) is 6.01. The number of benzene rings is 2. The van der Waals surface area contributed by atoms with Crippen LogP contribution in [0.25, 0.3) is 22.4 Å². The molecule has 1 heterocycles. The molecular formula is C15H13ClN2. The summed E-state index contributed by atoms with van der Waals surface area (Å²) in [7, 11) is 0. The monoisotopic (exact) mass is 256 g/mol.